The van der Waals surface area contributed by atoms with E-state index in [2.05, 4.69) is 18.8 Å². The van der Waals surface area contributed by atoms with Gasteiger partial charge in [-0.1, -0.05) is 19.9 Å². The molecule has 0 aliphatic heterocycles. The Morgan fingerprint density at radius 1 is 1.35 bits per heavy atom. The van der Waals surface area contributed by atoms with Gasteiger partial charge in [-0.3, -0.25) is 9.36 Å². The van der Waals surface area contributed by atoms with Crippen LogP contribution in [0.1, 0.15) is 35.0 Å². The van der Waals surface area contributed by atoms with Gasteiger partial charge in [0.2, 0.25) is 5.91 Å². The lowest BCUT2D eigenvalue weighted by atomic mass is 10.1. The van der Waals surface area contributed by atoms with E-state index in [1.807, 2.05) is 35.2 Å². The van der Waals surface area contributed by atoms with Gasteiger partial charge < -0.3 is 5.73 Å². The summed E-state index contributed by atoms with van der Waals surface area (Å²) in [5, 5.41) is 1.77. The molecule has 0 spiro atoms. The molecule has 0 aliphatic carbocycles. The van der Waals surface area contributed by atoms with Crippen LogP contribution in [-0.2, 0) is 0 Å². The zero-order valence-corrected chi connectivity index (χ0v) is 12.1. The first kappa shape index (κ1) is 12.9. The van der Waals surface area contributed by atoms with E-state index in [0.29, 0.717) is 11.5 Å². The molecule has 5 heteroatoms. The van der Waals surface area contributed by atoms with Crippen molar-refractivity contribution in [1.29, 1.82) is 0 Å². The molecule has 2 N–H and O–H groups in total. The number of primary amides is 1. The van der Waals surface area contributed by atoms with Gasteiger partial charge in [0, 0.05) is 28.2 Å². The molecule has 0 atom stereocenters. The van der Waals surface area contributed by atoms with E-state index in [1.165, 1.54) is 4.88 Å². The Kier molecular flexibility index (Phi) is 3.06. The van der Waals surface area contributed by atoms with Gasteiger partial charge in [0.05, 0.1) is 5.52 Å². The van der Waals surface area contributed by atoms with Crippen molar-refractivity contribution >= 4 is 28.1 Å². The van der Waals surface area contributed by atoms with Crippen molar-refractivity contribution in [2.45, 2.75) is 19.8 Å². The number of nitrogens with two attached hydrogens (primary N) is 1. The monoisotopic (exact) mass is 285 g/mol. The summed E-state index contributed by atoms with van der Waals surface area (Å²) in [5.74, 6) is 0.0552. The Morgan fingerprint density at radius 3 is 2.80 bits per heavy atom. The summed E-state index contributed by atoms with van der Waals surface area (Å²) in [4.78, 5) is 17.2. The zero-order chi connectivity index (χ0) is 14.3. The van der Waals surface area contributed by atoms with Crippen LogP contribution in [0, 0.1) is 0 Å². The average molecular weight is 285 g/mol. The Morgan fingerprint density at radius 2 is 2.15 bits per heavy atom. The summed E-state index contributed by atoms with van der Waals surface area (Å²) in [6, 6.07) is 7.47. The molecule has 0 saturated carbocycles. The number of nitrogens with zero attached hydrogens (tertiary/aromatic N) is 2. The molecule has 1 aromatic carbocycles. The lowest BCUT2D eigenvalue weighted by molar-refractivity contribution is 0.100. The average Bonchev–Trinajstić information content (AvgIpc) is 3.03. The van der Waals surface area contributed by atoms with E-state index >= 15 is 0 Å². The molecule has 2 aromatic heterocycles. The van der Waals surface area contributed by atoms with Gasteiger partial charge in [-0.25, -0.2) is 4.98 Å². The second kappa shape index (κ2) is 4.76. The molecule has 0 unspecified atom stereocenters. The van der Waals surface area contributed by atoms with Crippen LogP contribution in [0.15, 0.2) is 36.7 Å². The summed E-state index contributed by atoms with van der Waals surface area (Å²) >= 11 is 1.66. The maximum Gasteiger partial charge on any atom is 0.249 e. The van der Waals surface area contributed by atoms with Crippen molar-refractivity contribution in [3.05, 3.63) is 47.1 Å². The van der Waals surface area contributed by atoms with E-state index in [9.17, 15) is 4.79 Å². The second-order valence-corrected chi connectivity index (χ2v) is 6.03. The lowest BCUT2D eigenvalue weighted by Crippen LogP contribution is -2.11. The quantitative estimate of drug-likeness (QED) is 0.802. The Hall–Kier alpha value is -2.14. The van der Waals surface area contributed by atoms with Gasteiger partial charge in [0.1, 0.15) is 0 Å². The van der Waals surface area contributed by atoms with Gasteiger partial charge in [-0.05, 0) is 24.1 Å². The normalized spacial score (nSPS) is 11.3. The van der Waals surface area contributed by atoms with Crippen LogP contribution in [0.3, 0.4) is 0 Å². The number of thiazole rings is 1. The lowest BCUT2D eigenvalue weighted by Gasteiger charge is -2.02. The van der Waals surface area contributed by atoms with Crippen LogP contribution in [0.4, 0.5) is 0 Å². The minimum absolute atomic E-state index is 0.407. The smallest absolute Gasteiger partial charge is 0.249 e. The molecule has 0 saturated heterocycles. The number of benzene rings is 1. The highest BCUT2D eigenvalue weighted by atomic mass is 32.1. The van der Waals surface area contributed by atoms with E-state index in [1.54, 1.807) is 17.4 Å². The molecule has 3 aromatic rings. The fourth-order valence-electron chi connectivity index (χ4n) is 2.20. The molecule has 3 rings (SSSR count). The van der Waals surface area contributed by atoms with Crippen LogP contribution in [-0.4, -0.2) is 15.5 Å². The van der Waals surface area contributed by atoms with E-state index in [-0.39, 0.29) is 0 Å². The molecule has 20 heavy (non-hydrogen) atoms. The first-order valence-corrected chi connectivity index (χ1v) is 7.25. The molecule has 2 heterocycles. The highest BCUT2D eigenvalue weighted by Gasteiger charge is 2.13. The first-order chi connectivity index (χ1) is 9.58. The Bertz CT molecular complexity index is 785. The molecule has 1 amide bonds. The summed E-state index contributed by atoms with van der Waals surface area (Å²) in [6.07, 6.45) is 3.84. The van der Waals surface area contributed by atoms with E-state index in [0.717, 1.165) is 16.0 Å². The minimum atomic E-state index is -0.407. The van der Waals surface area contributed by atoms with Crippen molar-refractivity contribution in [2.24, 2.45) is 5.73 Å². The molecule has 0 fully saturated rings. The number of aromatic nitrogens is 2. The van der Waals surface area contributed by atoms with Crippen molar-refractivity contribution in [2.75, 3.05) is 0 Å². The fourth-order valence-corrected chi connectivity index (χ4v) is 3.12. The topological polar surface area (TPSA) is 60.9 Å². The standard InChI is InChI=1S/C15H15N3OS/c1-9(2)13-8-17-15(20-13)18-7-6-10-11(14(16)19)4-3-5-12(10)18/h3-9H,1-2H3,(H2,16,19). The van der Waals surface area contributed by atoms with Crippen molar-refractivity contribution < 1.29 is 4.79 Å². The van der Waals surface area contributed by atoms with Gasteiger partial charge >= 0.3 is 0 Å². The Balaban J connectivity index is 2.17. The van der Waals surface area contributed by atoms with Crippen LogP contribution < -0.4 is 5.73 Å². The third-order valence-corrected chi connectivity index (χ3v) is 4.58. The highest BCUT2D eigenvalue weighted by molar-refractivity contribution is 7.14. The van der Waals surface area contributed by atoms with E-state index < -0.39 is 5.91 Å². The largest absolute Gasteiger partial charge is 0.366 e. The molecule has 0 bridgehead atoms. The maximum absolute atomic E-state index is 11.5. The summed E-state index contributed by atoms with van der Waals surface area (Å²) < 4.78 is 2.00. The number of hydrogen-bond donors (Lipinski definition) is 1. The summed E-state index contributed by atoms with van der Waals surface area (Å²) in [6.45, 7) is 4.30. The van der Waals surface area contributed by atoms with Gasteiger partial charge in [-0.2, -0.15) is 0 Å². The third kappa shape index (κ3) is 2.00. The molecule has 0 radical (unpaired) electrons. The van der Waals surface area contributed by atoms with Crippen molar-refractivity contribution in [3.63, 3.8) is 0 Å². The highest BCUT2D eigenvalue weighted by Crippen LogP contribution is 2.28. The third-order valence-electron chi connectivity index (χ3n) is 3.28. The first-order valence-electron chi connectivity index (χ1n) is 6.44. The predicted molar refractivity (Wildman–Crippen MR) is 81.6 cm³/mol. The summed E-state index contributed by atoms with van der Waals surface area (Å²) in [5.41, 5.74) is 6.90. The second-order valence-electron chi connectivity index (χ2n) is 4.99. The number of fused-ring (bicyclic) bond motifs is 1. The molecule has 4 nitrogen and oxygen atoms in total. The number of hydrogen-bond acceptors (Lipinski definition) is 3. The number of rotatable bonds is 3. The SMILES string of the molecule is CC(C)c1cnc(-n2ccc3c(C(N)=O)cccc32)s1. The van der Waals surface area contributed by atoms with Crippen LogP contribution in [0.2, 0.25) is 0 Å². The van der Waals surface area contributed by atoms with E-state index in [4.69, 9.17) is 5.73 Å². The molecule has 0 aliphatic rings. The zero-order valence-electron chi connectivity index (χ0n) is 11.3. The van der Waals surface area contributed by atoms with Gasteiger partial charge in [0.25, 0.3) is 0 Å². The van der Waals surface area contributed by atoms with Crippen molar-refractivity contribution in [1.82, 2.24) is 9.55 Å². The van der Waals surface area contributed by atoms with Gasteiger partial charge in [-0.15, -0.1) is 11.3 Å². The van der Waals surface area contributed by atoms with Gasteiger partial charge in [0.15, 0.2) is 5.13 Å². The number of carbonyl (C=O) groups excluding carboxylic acids is 1. The fraction of sp³-hybridized carbons (Fsp3) is 0.200. The maximum atomic E-state index is 11.5. The summed E-state index contributed by atoms with van der Waals surface area (Å²) in [7, 11) is 0. The minimum Gasteiger partial charge on any atom is -0.366 e. The number of amides is 1. The predicted octanol–water partition coefficient (Wildman–Crippen LogP) is 3.31. The van der Waals surface area contributed by atoms with Crippen molar-refractivity contribution in [3.8, 4) is 5.13 Å². The molecular weight excluding hydrogens is 270 g/mol. The van der Waals surface area contributed by atoms with Crippen LogP contribution in [0.25, 0.3) is 16.0 Å². The van der Waals surface area contributed by atoms with Crippen LogP contribution >= 0.6 is 11.3 Å². The molecular formula is C15H15N3OS. The number of carbonyl (C=O) groups is 1. The van der Waals surface area contributed by atoms with Crippen LogP contribution in [0.5, 0.6) is 0 Å². The Labute approximate surface area is 120 Å². The molecule has 102 valence electrons.